The van der Waals surface area contributed by atoms with E-state index in [1.807, 2.05) is 18.7 Å². The molecule has 2 aliphatic heterocycles. The number of carbonyl (C=O) groups is 1. The molecule has 0 unspecified atom stereocenters. The van der Waals surface area contributed by atoms with Gasteiger partial charge in [-0.2, -0.15) is 5.10 Å². The Labute approximate surface area is 190 Å². The molecule has 1 N–H and O–H groups in total. The van der Waals surface area contributed by atoms with Crippen molar-refractivity contribution in [2.24, 2.45) is 0 Å². The minimum atomic E-state index is -0.223. The van der Waals surface area contributed by atoms with E-state index in [2.05, 4.69) is 36.5 Å². The van der Waals surface area contributed by atoms with E-state index in [1.54, 1.807) is 25.6 Å². The summed E-state index contributed by atoms with van der Waals surface area (Å²) in [6, 6.07) is 7.14. The van der Waals surface area contributed by atoms with Crippen molar-refractivity contribution in [2.45, 2.75) is 38.1 Å². The van der Waals surface area contributed by atoms with Gasteiger partial charge in [-0.05, 0) is 76.2 Å². The predicted molar refractivity (Wildman–Crippen MR) is 127 cm³/mol. The Morgan fingerprint density at radius 2 is 2.17 bits per heavy atom. The molecule has 2 aliphatic rings. The van der Waals surface area contributed by atoms with E-state index in [9.17, 15) is 9.18 Å². The highest BCUT2D eigenvalue weighted by Crippen LogP contribution is 2.38. The van der Waals surface area contributed by atoms with E-state index in [0.717, 1.165) is 48.3 Å². The van der Waals surface area contributed by atoms with Crippen molar-refractivity contribution < 1.29 is 9.18 Å². The van der Waals surface area contributed by atoms with Crippen LogP contribution in [0.1, 0.15) is 42.9 Å². The van der Waals surface area contributed by atoms with Crippen molar-refractivity contribution in [1.82, 2.24) is 14.6 Å². The zero-order valence-electron chi connectivity index (χ0n) is 16.1. The molecule has 0 saturated carbocycles. The van der Waals surface area contributed by atoms with E-state index in [0.29, 0.717) is 24.2 Å². The highest BCUT2D eigenvalue weighted by molar-refractivity contribution is 14.2. The Balaban J connectivity index is 1.70. The molecule has 1 amide bonds. The van der Waals surface area contributed by atoms with Crippen molar-refractivity contribution in [3.05, 3.63) is 47.4 Å². The van der Waals surface area contributed by atoms with Gasteiger partial charge in [0.25, 0.3) is 6.56 Å². The first kappa shape index (κ1) is 20.1. The third-order valence-corrected chi connectivity index (χ3v) is 6.88. The summed E-state index contributed by atoms with van der Waals surface area (Å²) in [5, 5.41) is 7.41. The molecule has 6 nitrogen and oxygen atoms in total. The number of halogens is 2. The molecular formula is C20H19BFIN5OS. The van der Waals surface area contributed by atoms with Crippen LogP contribution >= 0.6 is 30.0 Å². The van der Waals surface area contributed by atoms with E-state index >= 15 is 0 Å². The summed E-state index contributed by atoms with van der Waals surface area (Å²) >= 11 is 2.22. The molecule has 1 fully saturated rings. The third kappa shape index (κ3) is 3.68. The Morgan fingerprint density at radius 3 is 3.03 bits per heavy atom. The number of hydrogen-bond acceptors (Lipinski definition) is 5. The molecule has 1 radical (unpaired) electrons. The molecule has 153 valence electrons. The second kappa shape index (κ2) is 8.37. The van der Waals surface area contributed by atoms with E-state index in [1.165, 1.54) is 6.07 Å². The molecule has 10 heteroatoms. The molecule has 3 aromatic rings. The van der Waals surface area contributed by atoms with E-state index in [-0.39, 0.29) is 17.8 Å². The normalized spacial score (nSPS) is 18.9. The number of carbonyl (C=O) groups excluding carboxylic acids is 1. The maximum atomic E-state index is 14.2. The summed E-state index contributed by atoms with van der Waals surface area (Å²) in [7, 11) is 1.56. The number of hydrogen-bond donors (Lipinski definition) is 1. The van der Waals surface area contributed by atoms with Crippen molar-refractivity contribution in [3.63, 3.8) is 0 Å². The van der Waals surface area contributed by atoms with Gasteiger partial charge in [0.15, 0.2) is 5.65 Å². The van der Waals surface area contributed by atoms with Gasteiger partial charge >= 0.3 is 0 Å². The van der Waals surface area contributed by atoms with Crippen LogP contribution in [0.3, 0.4) is 0 Å². The SMILES string of the molecule is O=C1CCCc2ccc(F)cc2[C@@H]2CCCN2c2cc([B]SI)n3ncc(c3n2)N1. The average molecular weight is 534 g/mol. The number of nitrogens with one attached hydrogen (secondary N) is 1. The van der Waals surface area contributed by atoms with Crippen LogP contribution in [-0.2, 0) is 11.2 Å². The molecule has 0 aliphatic carbocycles. The zero-order chi connectivity index (χ0) is 20.7. The minimum absolute atomic E-state index is 0.0608. The Morgan fingerprint density at radius 1 is 1.27 bits per heavy atom. The molecular weight excluding hydrogens is 515 g/mol. The van der Waals surface area contributed by atoms with Crippen LogP contribution < -0.4 is 15.8 Å². The Kier molecular flexibility index (Phi) is 5.61. The molecule has 5 rings (SSSR count). The molecule has 1 atom stereocenters. The fourth-order valence-electron chi connectivity index (χ4n) is 4.46. The molecule has 1 aromatic carbocycles. The van der Waals surface area contributed by atoms with E-state index in [4.69, 9.17) is 4.98 Å². The first-order chi connectivity index (χ1) is 14.6. The molecule has 0 spiro atoms. The number of amides is 1. The predicted octanol–water partition coefficient (Wildman–Crippen LogP) is 3.81. The lowest BCUT2D eigenvalue weighted by Crippen LogP contribution is -2.29. The van der Waals surface area contributed by atoms with Crippen molar-refractivity contribution in [2.75, 3.05) is 16.8 Å². The number of benzene rings is 1. The maximum Gasteiger partial charge on any atom is 0.270 e. The number of nitrogens with zero attached hydrogens (tertiary/aromatic N) is 4. The van der Waals surface area contributed by atoms with Gasteiger partial charge in [0.2, 0.25) is 5.91 Å². The van der Waals surface area contributed by atoms with Gasteiger partial charge < -0.3 is 10.2 Å². The highest BCUT2D eigenvalue weighted by atomic mass is 127. The van der Waals surface area contributed by atoms with Crippen LogP contribution in [0.5, 0.6) is 0 Å². The largest absolute Gasteiger partial charge is 0.349 e. The Bertz CT molecular complexity index is 1130. The summed E-state index contributed by atoms with van der Waals surface area (Å²) in [6.45, 7) is 2.87. The average Bonchev–Trinajstić information content (AvgIpc) is 3.36. The van der Waals surface area contributed by atoms with Crippen LogP contribution in [-0.4, -0.2) is 33.6 Å². The summed E-state index contributed by atoms with van der Waals surface area (Å²) in [5.41, 5.74) is 4.26. The second-order valence-electron chi connectivity index (χ2n) is 7.64. The fourth-order valence-corrected chi connectivity index (χ4v) is 5.50. The molecule has 4 heterocycles. The monoisotopic (exact) mass is 534 g/mol. The van der Waals surface area contributed by atoms with Crippen LogP contribution in [0.25, 0.3) is 5.65 Å². The molecule has 1 saturated heterocycles. The molecule has 2 bridgehead atoms. The zero-order valence-corrected chi connectivity index (χ0v) is 19.1. The fraction of sp³-hybridized carbons (Fsp3) is 0.350. The van der Waals surface area contributed by atoms with Crippen LogP contribution in [0, 0.1) is 5.82 Å². The first-order valence-corrected chi connectivity index (χ1v) is 13.4. The first-order valence-electron chi connectivity index (χ1n) is 9.98. The topological polar surface area (TPSA) is 62.5 Å². The lowest BCUT2D eigenvalue weighted by atomic mass is 9.94. The number of aryl methyl sites for hydroxylation is 1. The van der Waals surface area contributed by atoms with Gasteiger partial charge in [-0.3, -0.25) is 4.79 Å². The third-order valence-electron chi connectivity index (χ3n) is 5.79. The van der Waals surface area contributed by atoms with Crippen LogP contribution in [0.15, 0.2) is 30.5 Å². The lowest BCUT2D eigenvalue weighted by Gasteiger charge is -2.28. The second-order valence-corrected chi connectivity index (χ2v) is 9.58. The number of fused-ring (bicyclic) bond motifs is 5. The summed E-state index contributed by atoms with van der Waals surface area (Å²) in [6.07, 6.45) is 5.47. The van der Waals surface area contributed by atoms with Gasteiger partial charge in [0.1, 0.15) is 17.3 Å². The summed E-state index contributed by atoms with van der Waals surface area (Å²) in [5.74, 6) is 0.543. The smallest absolute Gasteiger partial charge is 0.270 e. The van der Waals surface area contributed by atoms with Crippen molar-refractivity contribution in [3.8, 4) is 0 Å². The van der Waals surface area contributed by atoms with Gasteiger partial charge in [-0.15, -0.1) is 8.78 Å². The van der Waals surface area contributed by atoms with Crippen LogP contribution in [0.4, 0.5) is 15.9 Å². The number of rotatable bonds is 2. The number of anilines is 2. The standard InChI is InChI=1S/C20H19BFIN5OS/c22-13-7-6-12-3-1-5-19(29)25-15-11-24-28-17(21-30-23)10-18(26-20(15)28)27-8-2-4-16(27)14(12)9-13/h6-7,9-11,16H,1-5,8H2,(H,25,29)/t16-/m0/s1. The minimum Gasteiger partial charge on any atom is -0.349 e. The van der Waals surface area contributed by atoms with Crippen molar-refractivity contribution >= 4 is 65.2 Å². The van der Waals surface area contributed by atoms with Gasteiger partial charge in [-0.1, -0.05) is 6.07 Å². The van der Waals surface area contributed by atoms with Crippen LogP contribution in [0.2, 0.25) is 0 Å². The quantitative estimate of drug-likeness (QED) is 0.401. The molecule has 30 heavy (non-hydrogen) atoms. The van der Waals surface area contributed by atoms with Crippen molar-refractivity contribution in [1.29, 1.82) is 0 Å². The summed E-state index contributed by atoms with van der Waals surface area (Å²) < 4.78 is 16.0. The van der Waals surface area contributed by atoms with Gasteiger partial charge in [0.05, 0.1) is 12.2 Å². The molecule has 2 aromatic heterocycles. The van der Waals surface area contributed by atoms with Gasteiger partial charge in [-0.25, -0.2) is 13.9 Å². The summed E-state index contributed by atoms with van der Waals surface area (Å²) in [4.78, 5) is 19.7. The lowest BCUT2D eigenvalue weighted by molar-refractivity contribution is -0.116. The maximum absolute atomic E-state index is 14.2. The highest BCUT2D eigenvalue weighted by Gasteiger charge is 2.30. The van der Waals surface area contributed by atoms with Gasteiger partial charge in [0, 0.05) is 18.6 Å². The Hall–Kier alpha value is -1.82. The number of aromatic nitrogens is 3. The van der Waals surface area contributed by atoms with E-state index < -0.39 is 0 Å².